The monoisotopic (exact) mass is 507 g/mol. The van der Waals surface area contributed by atoms with Crippen LogP contribution in [0.3, 0.4) is 0 Å². The van der Waals surface area contributed by atoms with Crippen LogP contribution in [-0.4, -0.2) is 50.4 Å². The first-order valence-electron chi connectivity index (χ1n) is 12.1. The average molecular weight is 508 g/mol. The number of rotatable bonds is 8. The van der Waals surface area contributed by atoms with Crippen LogP contribution in [0.15, 0.2) is 79.3 Å². The van der Waals surface area contributed by atoms with Crippen LogP contribution in [0.25, 0.3) is 10.8 Å². The number of carbonyl (C=O) groups excluding carboxylic acids is 3. The smallest absolute Gasteiger partial charge is 0.328 e. The van der Waals surface area contributed by atoms with Gasteiger partial charge in [-0.3, -0.25) is 14.5 Å². The van der Waals surface area contributed by atoms with Gasteiger partial charge >= 0.3 is 12.0 Å². The molecule has 1 fully saturated rings. The molecule has 1 atom stereocenters. The third-order valence-electron chi connectivity index (χ3n) is 6.77. The van der Waals surface area contributed by atoms with Gasteiger partial charge in [0.2, 0.25) is 0 Å². The predicted octanol–water partition coefficient (Wildman–Crippen LogP) is 3.85. The lowest BCUT2D eigenvalue weighted by atomic mass is 10.0. The molecule has 1 aliphatic rings. The minimum atomic E-state index is -0.969. The summed E-state index contributed by atoms with van der Waals surface area (Å²) in [4.78, 5) is 46.1. The predicted molar refractivity (Wildman–Crippen MR) is 138 cm³/mol. The Labute approximate surface area is 219 Å². The normalized spacial score (nSPS) is 15.2. The van der Waals surface area contributed by atoms with Crippen molar-refractivity contribution in [2.75, 3.05) is 7.11 Å². The number of ether oxygens (including phenoxy) is 1. The van der Waals surface area contributed by atoms with Gasteiger partial charge in [0.25, 0.3) is 5.91 Å². The summed E-state index contributed by atoms with van der Waals surface area (Å²) in [6, 6.07) is 21.5. The third kappa shape index (κ3) is 4.84. The summed E-state index contributed by atoms with van der Waals surface area (Å²) in [5, 5.41) is 11.0. The Hall–Kier alpha value is -4.97. The lowest BCUT2D eigenvalue weighted by molar-refractivity contribution is -0.144. The number of aromatic nitrogens is 2. The van der Waals surface area contributed by atoms with Crippen LogP contribution in [0.4, 0.5) is 4.79 Å². The van der Waals surface area contributed by atoms with Gasteiger partial charge in [-0.1, -0.05) is 54.6 Å². The van der Waals surface area contributed by atoms with Gasteiger partial charge in [0.05, 0.1) is 43.7 Å². The van der Waals surface area contributed by atoms with E-state index in [0.29, 0.717) is 17.8 Å². The molecule has 0 saturated carbocycles. The summed E-state index contributed by atoms with van der Waals surface area (Å²) in [6.07, 6.45) is 3.03. The number of fused-ring (bicyclic) bond motifs is 1. The Morgan fingerprint density at radius 3 is 2.53 bits per heavy atom. The fraction of sp³-hybridized carbons (Fsp3) is 0.207. The molecule has 1 aliphatic heterocycles. The molecular formula is C29H25N5O4. The van der Waals surface area contributed by atoms with Gasteiger partial charge in [0, 0.05) is 19.3 Å². The number of carbonyl (C=O) groups is 3. The van der Waals surface area contributed by atoms with Crippen LogP contribution >= 0.6 is 0 Å². The number of nitriles is 1. The molecule has 0 spiro atoms. The van der Waals surface area contributed by atoms with E-state index in [2.05, 4.69) is 11.1 Å². The molecule has 5 rings (SSSR count). The van der Waals surface area contributed by atoms with Crippen molar-refractivity contribution in [3.63, 3.8) is 0 Å². The van der Waals surface area contributed by atoms with E-state index in [0.717, 1.165) is 21.9 Å². The lowest BCUT2D eigenvalue weighted by Gasteiger charge is -2.22. The number of hydrogen-bond donors (Lipinski definition) is 0. The molecule has 3 amide bonds. The number of imidazole rings is 1. The van der Waals surface area contributed by atoms with Gasteiger partial charge in [-0.2, -0.15) is 5.26 Å². The molecule has 9 nitrogen and oxygen atoms in total. The van der Waals surface area contributed by atoms with Crippen molar-refractivity contribution in [1.82, 2.24) is 19.4 Å². The summed E-state index contributed by atoms with van der Waals surface area (Å²) >= 11 is 0. The van der Waals surface area contributed by atoms with Gasteiger partial charge in [-0.25, -0.2) is 9.78 Å². The second-order valence-corrected chi connectivity index (χ2v) is 9.09. The fourth-order valence-electron chi connectivity index (χ4n) is 4.74. The van der Waals surface area contributed by atoms with Crippen LogP contribution in [0.1, 0.15) is 28.8 Å². The fourth-order valence-corrected chi connectivity index (χ4v) is 4.74. The number of imide groups is 1. The van der Waals surface area contributed by atoms with Gasteiger partial charge in [0.15, 0.2) is 0 Å². The molecule has 9 heteroatoms. The number of hydrogen-bond acceptors (Lipinski definition) is 6. The molecule has 4 aromatic rings. The summed E-state index contributed by atoms with van der Waals surface area (Å²) < 4.78 is 6.68. The van der Waals surface area contributed by atoms with E-state index in [9.17, 15) is 14.4 Å². The second-order valence-electron chi connectivity index (χ2n) is 9.09. The Kier molecular flexibility index (Phi) is 6.87. The maximum atomic E-state index is 13.6. The van der Waals surface area contributed by atoms with Crippen LogP contribution in [0.5, 0.6) is 0 Å². The number of benzene rings is 3. The first kappa shape index (κ1) is 24.7. The maximum Gasteiger partial charge on any atom is 0.328 e. The molecule has 1 aromatic heterocycles. The van der Waals surface area contributed by atoms with Crippen molar-refractivity contribution in [2.45, 2.75) is 32.1 Å². The second kappa shape index (κ2) is 10.6. The highest BCUT2D eigenvalue weighted by Gasteiger charge is 2.46. The molecule has 1 saturated heterocycles. The van der Waals surface area contributed by atoms with Crippen LogP contribution in [0.2, 0.25) is 0 Å². The number of nitrogens with zero attached hydrogens (tertiary/aromatic N) is 5. The minimum absolute atomic E-state index is 0.0116. The Bertz CT molecular complexity index is 1550. The van der Waals surface area contributed by atoms with Crippen molar-refractivity contribution in [1.29, 1.82) is 5.26 Å². The Morgan fingerprint density at radius 1 is 1.00 bits per heavy atom. The van der Waals surface area contributed by atoms with Crippen molar-refractivity contribution in [2.24, 2.45) is 0 Å². The van der Waals surface area contributed by atoms with E-state index in [1.165, 1.54) is 16.9 Å². The highest BCUT2D eigenvalue weighted by molar-refractivity contribution is 6.05. The first-order chi connectivity index (χ1) is 18.5. The summed E-state index contributed by atoms with van der Waals surface area (Å²) in [5.74, 6) is -1.02. The standard InChI is InChI=1S/C29H25N5O4/c1-38-27(35)13-26-28(36)34(18-24-15-31-19-32(24)16-21-11-9-20(14-30)10-12-21)29(37)33(26)17-23-7-4-6-22-5-2-3-8-25(22)23/h2-12,15,19,26H,13,16-18H2,1H3/t26-/m0/s1. The quantitative estimate of drug-likeness (QED) is 0.265. The third-order valence-corrected chi connectivity index (χ3v) is 6.77. The van der Waals surface area contributed by atoms with E-state index in [-0.39, 0.29) is 19.5 Å². The largest absolute Gasteiger partial charge is 0.469 e. The van der Waals surface area contributed by atoms with Gasteiger partial charge in [0.1, 0.15) is 6.04 Å². The van der Waals surface area contributed by atoms with Crippen LogP contribution in [-0.2, 0) is 34.0 Å². The van der Waals surface area contributed by atoms with Crippen molar-refractivity contribution in [3.8, 4) is 6.07 Å². The number of urea groups is 1. The van der Waals surface area contributed by atoms with Crippen molar-refractivity contribution < 1.29 is 19.1 Å². The average Bonchev–Trinajstić information content (AvgIpc) is 3.47. The highest BCUT2D eigenvalue weighted by Crippen LogP contribution is 2.28. The number of methoxy groups -OCH3 is 1. The van der Waals surface area contributed by atoms with Gasteiger partial charge in [-0.05, 0) is 34.0 Å². The molecule has 0 N–H and O–H groups in total. The van der Waals surface area contributed by atoms with E-state index < -0.39 is 23.9 Å². The first-order valence-corrected chi connectivity index (χ1v) is 12.1. The SMILES string of the molecule is COC(=O)C[C@H]1C(=O)N(Cc2cncn2Cc2ccc(C#N)cc2)C(=O)N1Cc1cccc2ccccc12. The number of esters is 1. The molecule has 0 bridgehead atoms. The zero-order valence-electron chi connectivity index (χ0n) is 20.8. The van der Waals surface area contributed by atoms with E-state index >= 15 is 0 Å². The maximum absolute atomic E-state index is 13.6. The van der Waals surface area contributed by atoms with E-state index in [1.54, 1.807) is 24.7 Å². The summed E-state index contributed by atoms with van der Waals surface area (Å²) in [6.45, 7) is 0.648. The molecule has 0 radical (unpaired) electrons. The van der Waals surface area contributed by atoms with Gasteiger partial charge in [-0.15, -0.1) is 0 Å². The zero-order chi connectivity index (χ0) is 26.6. The van der Waals surface area contributed by atoms with Crippen LogP contribution in [0, 0.1) is 11.3 Å². The van der Waals surface area contributed by atoms with Crippen molar-refractivity contribution in [3.05, 3.63) is 102 Å². The summed E-state index contributed by atoms with van der Waals surface area (Å²) in [5.41, 5.74) is 3.06. The van der Waals surface area contributed by atoms with Crippen LogP contribution < -0.4 is 0 Å². The molecule has 3 aromatic carbocycles. The zero-order valence-corrected chi connectivity index (χ0v) is 20.8. The van der Waals surface area contributed by atoms with Crippen molar-refractivity contribution >= 4 is 28.7 Å². The van der Waals surface area contributed by atoms with Gasteiger partial charge < -0.3 is 14.2 Å². The molecule has 0 aliphatic carbocycles. The Morgan fingerprint density at radius 2 is 1.76 bits per heavy atom. The topological polar surface area (TPSA) is 109 Å². The minimum Gasteiger partial charge on any atom is -0.469 e. The molecule has 38 heavy (non-hydrogen) atoms. The molecule has 2 heterocycles. The Balaban J connectivity index is 1.41. The summed E-state index contributed by atoms with van der Waals surface area (Å²) in [7, 11) is 1.26. The molecule has 0 unspecified atom stereocenters. The highest BCUT2D eigenvalue weighted by atomic mass is 16.5. The number of amides is 3. The van der Waals surface area contributed by atoms with E-state index in [4.69, 9.17) is 10.00 Å². The molecular weight excluding hydrogens is 482 g/mol. The lowest BCUT2D eigenvalue weighted by Crippen LogP contribution is -2.36. The van der Waals surface area contributed by atoms with E-state index in [1.807, 2.05) is 59.2 Å². The molecule has 190 valence electrons.